The number of carbonyl (C=O) groups excluding carboxylic acids is 1. The Morgan fingerprint density at radius 3 is 1.94 bits per heavy atom. The van der Waals surface area contributed by atoms with Crippen molar-refractivity contribution in [2.24, 2.45) is 0 Å². The van der Waals surface area contributed by atoms with Gasteiger partial charge in [0.15, 0.2) is 0 Å². The third-order valence-corrected chi connectivity index (χ3v) is 6.64. The standard InChI is InChI=1S/C26H21FN2O4S/c27-20-11-13-21(14-12-20)28-26(30)19-29(34(31,32)25-9-5-2-6-10-25)22-15-17-24(18-16-22)33-23-7-3-1-4-8-23/h1-18H,19H2,(H,28,30). The van der Waals surface area contributed by atoms with Crippen LogP contribution < -0.4 is 14.4 Å². The van der Waals surface area contributed by atoms with Crippen molar-refractivity contribution in [1.82, 2.24) is 0 Å². The van der Waals surface area contributed by atoms with E-state index in [9.17, 15) is 17.6 Å². The molecular formula is C26H21FN2O4S. The summed E-state index contributed by atoms with van der Waals surface area (Å²) in [5.74, 6) is 0.144. The van der Waals surface area contributed by atoms with Gasteiger partial charge in [-0.15, -0.1) is 0 Å². The summed E-state index contributed by atoms with van der Waals surface area (Å²) in [6.07, 6.45) is 0. The molecule has 4 rings (SSSR count). The summed E-state index contributed by atoms with van der Waals surface area (Å²) in [6.45, 7) is -0.479. The second-order valence-corrected chi connectivity index (χ2v) is 9.15. The van der Waals surface area contributed by atoms with Crippen LogP contribution in [0, 0.1) is 5.82 Å². The van der Waals surface area contributed by atoms with Gasteiger partial charge in [-0.2, -0.15) is 0 Å². The van der Waals surface area contributed by atoms with E-state index in [1.54, 1.807) is 54.6 Å². The Hall–Kier alpha value is -4.17. The molecule has 172 valence electrons. The fraction of sp³-hybridized carbons (Fsp3) is 0.0385. The van der Waals surface area contributed by atoms with E-state index in [1.807, 2.05) is 18.2 Å². The van der Waals surface area contributed by atoms with Crippen molar-refractivity contribution >= 4 is 27.3 Å². The highest BCUT2D eigenvalue weighted by Gasteiger charge is 2.27. The quantitative estimate of drug-likeness (QED) is 0.367. The fourth-order valence-corrected chi connectivity index (χ4v) is 4.65. The molecule has 0 spiro atoms. The number of nitrogens with zero attached hydrogens (tertiary/aromatic N) is 1. The lowest BCUT2D eigenvalue weighted by atomic mass is 10.3. The summed E-state index contributed by atoms with van der Waals surface area (Å²) >= 11 is 0. The average molecular weight is 477 g/mol. The first-order chi connectivity index (χ1) is 16.4. The molecule has 0 fully saturated rings. The zero-order valence-corrected chi connectivity index (χ0v) is 18.8. The van der Waals surface area contributed by atoms with Crippen LogP contribution in [0.1, 0.15) is 0 Å². The molecule has 4 aromatic rings. The number of sulfonamides is 1. The average Bonchev–Trinajstić information content (AvgIpc) is 2.86. The lowest BCUT2D eigenvalue weighted by molar-refractivity contribution is -0.114. The number of rotatable bonds is 8. The van der Waals surface area contributed by atoms with Crippen molar-refractivity contribution in [3.05, 3.63) is 115 Å². The Morgan fingerprint density at radius 2 is 1.32 bits per heavy atom. The van der Waals surface area contributed by atoms with Crippen LogP contribution in [0.15, 0.2) is 114 Å². The highest BCUT2D eigenvalue weighted by molar-refractivity contribution is 7.92. The molecule has 0 aliphatic carbocycles. The third kappa shape index (κ3) is 5.60. The molecule has 6 nitrogen and oxygen atoms in total. The number of carbonyl (C=O) groups is 1. The predicted octanol–water partition coefficient (Wildman–Crippen LogP) is 5.45. The van der Waals surface area contributed by atoms with Crippen LogP contribution in [0.5, 0.6) is 11.5 Å². The van der Waals surface area contributed by atoms with Crippen molar-refractivity contribution in [3.8, 4) is 11.5 Å². The second-order valence-electron chi connectivity index (χ2n) is 7.29. The van der Waals surface area contributed by atoms with E-state index in [1.165, 1.54) is 36.4 Å². The maximum atomic E-state index is 13.4. The molecule has 0 aliphatic heterocycles. The Balaban J connectivity index is 1.60. The lowest BCUT2D eigenvalue weighted by Gasteiger charge is -2.24. The molecule has 8 heteroatoms. The number of amides is 1. The van der Waals surface area contributed by atoms with Crippen LogP contribution in [0.4, 0.5) is 15.8 Å². The van der Waals surface area contributed by atoms with Crippen molar-refractivity contribution in [1.29, 1.82) is 0 Å². The van der Waals surface area contributed by atoms with Gasteiger partial charge in [0.2, 0.25) is 5.91 Å². The number of hydrogen-bond donors (Lipinski definition) is 1. The topological polar surface area (TPSA) is 75.7 Å². The minimum absolute atomic E-state index is 0.0502. The van der Waals surface area contributed by atoms with E-state index in [2.05, 4.69) is 5.32 Å². The zero-order valence-electron chi connectivity index (χ0n) is 18.0. The minimum atomic E-state index is -4.05. The van der Waals surface area contributed by atoms with Gasteiger partial charge < -0.3 is 10.1 Å². The molecule has 0 atom stereocenters. The molecule has 1 amide bonds. The summed E-state index contributed by atoms with van der Waals surface area (Å²) in [5.41, 5.74) is 0.647. The molecule has 34 heavy (non-hydrogen) atoms. The first-order valence-electron chi connectivity index (χ1n) is 10.4. The fourth-order valence-electron chi connectivity index (χ4n) is 3.20. The Morgan fingerprint density at radius 1 is 0.765 bits per heavy atom. The molecule has 4 aromatic carbocycles. The summed E-state index contributed by atoms with van der Waals surface area (Å²) in [7, 11) is -4.05. The maximum absolute atomic E-state index is 13.4. The van der Waals surface area contributed by atoms with Gasteiger partial charge in [-0.25, -0.2) is 12.8 Å². The van der Waals surface area contributed by atoms with Crippen LogP contribution in [-0.2, 0) is 14.8 Å². The third-order valence-electron chi connectivity index (χ3n) is 4.85. The molecule has 0 aromatic heterocycles. The van der Waals surface area contributed by atoms with Crippen LogP contribution in [0.3, 0.4) is 0 Å². The molecule has 1 N–H and O–H groups in total. The Labute approximate surface area is 197 Å². The van der Waals surface area contributed by atoms with E-state index in [0.717, 1.165) is 4.31 Å². The van der Waals surface area contributed by atoms with Crippen molar-refractivity contribution in [2.75, 3.05) is 16.2 Å². The molecule has 0 saturated carbocycles. The Bertz CT molecular complexity index is 1350. The normalized spacial score (nSPS) is 11.0. The number of nitrogens with one attached hydrogen (secondary N) is 1. The molecule has 0 radical (unpaired) electrons. The monoisotopic (exact) mass is 476 g/mol. The highest BCUT2D eigenvalue weighted by Crippen LogP contribution is 2.28. The van der Waals surface area contributed by atoms with Gasteiger partial charge in [0.1, 0.15) is 23.9 Å². The van der Waals surface area contributed by atoms with Gasteiger partial charge in [-0.1, -0.05) is 36.4 Å². The van der Waals surface area contributed by atoms with Gasteiger partial charge in [-0.3, -0.25) is 9.10 Å². The number of halogens is 1. The number of para-hydroxylation sites is 1. The van der Waals surface area contributed by atoms with E-state index in [0.29, 0.717) is 22.9 Å². The number of ether oxygens (including phenoxy) is 1. The molecule has 0 saturated heterocycles. The minimum Gasteiger partial charge on any atom is -0.457 e. The van der Waals surface area contributed by atoms with Gasteiger partial charge >= 0.3 is 0 Å². The van der Waals surface area contributed by atoms with Gasteiger partial charge in [0.25, 0.3) is 10.0 Å². The second kappa shape index (κ2) is 10.2. The van der Waals surface area contributed by atoms with E-state index >= 15 is 0 Å². The first-order valence-corrected chi connectivity index (χ1v) is 11.8. The predicted molar refractivity (Wildman–Crippen MR) is 129 cm³/mol. The van der Waals surface area contributed by atoms with Crippen molar-refractivity contribution in [2.45, 2.75) is 4.90 Å². The molecular weight excluding hydrogens is 455 g/mol. The van der Waals surface area contributed by atoms with Crippen molar-refractivity contribution in [3.63, 3.8) is 0 Å². The van der Waals surface area contributed by atoms with Crippen LogP contribution in [-0.4, -0.2) is 20.9 Å². The lowest BCUT2D eigenvalue weighted by Crippen LogP contribution is -2.38. The number of anilines is 2. The molecule has 0 unspecified atom stereocenters. The van der Waals surface area contributed by atoms with Gasteiger partial charge in [0.05, 0.1) is 10.6 Å². The highest BCUT2D eigenvalue weighted by atomic mass is 32.2. The van der Waals surface area contributed by atoms with Crippen molar-refractivity contribution < 1.29 is 22.3 Å². The maximum Gasteiger partial charge on any atom is 0.264 e. The van der Waals surface area contributed by atoms with Gasteiger partial charge in [0, 0.05) is 5.69 Å². The molecule has 0 heterocycles. The van der Waals surface area contributed by atoms with Crippen LogP contribution in [0.25, 0.3) is 0 Å². The molecule has 0 aliphatic rings. The van der Waals surface area contributed by atoms with E-state index in [-0.39, 0.29) is 4.90 Å². The number of hydrogen-bond acceptors (Lipinski definition) is 4. The summed E-state index contributed by atoms with van der Waals surface area (Å²) in [4.78, 5) is 12.8. The Kier molecular flexibility index (Phi) is 6.89. The largest absolute Gasteiger partial charge is 0.457 e. The first kappa shape index (κ1) is 23.0. The van der Waals surface area contributed by atoms with E-state index < -0.39 is 28.3 Å². The number of benzene rings is 4. The smallest absolute Gasteiger partial charge is 0.264 e. The van der Waals surface area contributed by atoms with Crippen LogP contribution >= 0.6 is 0 Å². The zero-order chi connectivity index (χ0) is 24.0. The SMILES string of the molecule is O=C(CN(c1ccc(Oc2ccccc2)cc1)S(=O)(=O)c1ccccc1)Nc1ccc(F)cc1. The van der Waals surface area contributed by atoms with Gasteiger partial charge in [-0.05, 0) is 72.8 Å². The summed E-state index contributed by atoms with van der Waals surface area (Å²) in [6, 6.07) is 28.7. The molecule has 0 bridgehead atoms. The van der Waals surface area contributed by atoms with E-state index in [4.69, 9.17) is 4.74 Å². The summed E-state index contributed by atoms with van der Waals surface area (Å²) in [5, 5.41) is 2.60. The summed E-state index contributed by atoms with van der Waals surface area (Å²) < 4.78 is 46.8. The van der Waals surface area contributed by atoms with Crippen LogP contribution in [0.2, 0.25) is 0 Å².